The Balaban J connectivity index is 1.38. The summed E-state index contributed by atoms with van der Waals surface area (Å²) in [5.41, 5.74) is 5.90. The number of ether oxygens (including phenoxy) is 1. The van der Waals surface area contributed by atoms with Gasteiger partial charge < -0.3 is 9.64 Å². The number of nitrogens with zero attached hydrogens (tertiary/aromatic N) is 4. The van der Waals surface area contributed by atoms with E-state index in [2.05, 4.69) is 101 Å². The maximum Gasteiger partial charge on any atom is 0.410 e. The molecule has 2 atom stereocenters. The molecule has 7 heteroatoms. The predicted molar refractivity (Wildman–Crippen MR) is 182 cm³/mol. The van der Waals surface area contributed by atoms with Crippen molar-refractivity contribution in [1.29, 1.82) is 0 Å². The average Bonchev–Trinajstić information content (AvgIpc) is 3.63. The summed E-state index contributed by atoms with van der Waals surface area (Å²) >= 11 is 1.92. The standard InChI is InChI=1S/C38H40N4O2S/c1-28-35(29-17-9-5-10-18-29)39-40-42(28)26-33-25-34(27-41(33)36(43)44-37(2,3)4)45-38(30-19-11-6-12-20-30,31-21-13-7-14-22-31)32-23-15-8-16-24-32/h5-24,33-34H,25-27H2,1-4H3/t33-,34+/m0/s1. The summed E-state index contributed by atoms with van der Waals surface area (Å²) in [5.74, 6) is 0. The summed E-state index contributed by atoms with van der Waals surface area (Å²) < 4.78 is 7.42. The van der Waals surface area contributed by atoms with Crippen molar-refractivity contribution < 1.29 is 9.53 Å². The summed E-state index contributed by atoms with van der Waals surface area (Å²) in [6, 6.07) is 42.2. The van der Waals surface area contributed by atoms with E-state index in [1.807, 2.05) is 79.4 Å². The third-order valence-electron chi connectivity index (χ3n) is 8.30. The van der Waals surface area contributed by atoms with Crippen LogP contribution in [-0.2, 0) is 16.0 Å². The SMILES string of the molecule is Cc1c(-c2ccccc2)nnn1C[C@@H]1C[C@@H](SC(c2ccccc2)(c2ccccc2)c2ccccc2)CN1C(=O)OC(C)(C)C. The Morgan fingerprint density at radius 1 is 0.800 bits per heavy atom. The molecule has 0 N–H and O–H groups in total. The van der Waals surface area contributed by atoms with Crippen LogP contribution in [0.1, 0.15) is 49.6 Å². The molecule has 1 aromatic heterocycles. The molecule has 2 heterocycles. The van der Waals surface area contributed by atoms with E-state index >= 15 is 0 Å². The second-order valence-electron chi connectivity index (χ2n) is 12.6. The topological polar surface area (TPSA) is 60.2 Å². The zero-order chi connectivity index (χ0) is 31.4. The van der Waals surface area contributed by atoms with Crippen molar-refractivity contribution in [2.24, 2.45) is 0 Å². The highest BCUT2D eigenvalue weighted by Crippen LogP contribution is 2.52. The van der Waals surface area contributed by atoms with Gasteiger partial charge >= 0.3 is 6.09 Å². The fourth-order valence-electron chi connectivity index (χ4n) is 6.25. The van der Waals surface area contributed by atoms with E-state index in [1.165, 1.54) is 16.7 Å². The predicted octanol–water partition coefficient (Wildman–Crippen LogP) is 8.36. The first-order valence-corrected chi connectivity index (χ1v) is 16.4. The van der Waals surface area contributed by atoms with Crippen LogP contribution in [0.25, 0.3) is 11.3 Å². The van der Waals surface area contributed by atoms with E-state index in [9.17, 15) is 4.79 Å². The monoisotopic (exact) mass is 616 g/mol. The van der Waals surface area contributed by atoms with Crippen LogP contribution in [0.4, 0.5) is 4.79 Å². The fourth-order valence-corrected chi connectivity index (χ4v) is 8.12. The molecular formula is C38H40N4O2S. The van der Waals surface area contributed by atoms with E-state index < -0.39 is 10.3 Å². The van der Waals surface area contributed by atoms with E-state index in [0.717, 1.165) is 23.4 Å². The van der Waals surface area contributed by atoms with Crippen LogP contribution in [-0.4, -0.2) is 49.4 Å². The van der Waals surface area contributed by atoms with E-state index in [1.54, 1.807) is 0 Å². The van der Waals surface area contributed by atoms with Gasteiger partial charge in [0.1, 0.15) is 11.3 Å². The van der Waals surface area contributed by atoms with Crippen molar-refractivity contribution in [3.8, 4) is 11.3 Å². The lowest BCUT2D eigenvalue weighted by Crippen LogP contribution is -2.42. The molecule has 45 heavy (non-hydrogen) atoms. The molecule has 1 aliphatic rings. The molecule has 4 aromatic carbocycles. The van der Waals surface area contributed by atoms with Gasteiger partial charge in [0.2, 0.25) is 0 Å². The zero-order valence-electron chi connectivity index (χ0n) is 26.3. The largest absolute Gasteiger partial charge is 0.444 e. The smallest absolute Gasteiger partial charge is 0.410 e. The molecule has 0 saturated carbocycles. The number of aromatic nitrogens is 3. The van der Waals surface area contributed by atoms with E-state index in [4.69, 9.17) is 4.74 Å². The first-order chi connectivity index (χ1) is 21.7. The summed E-state index contributed by atoms with van der Waals surface area (Å²) in [6.45, 7) is 8.91. The highest BCUT2D eigenvalue weighted by atomic mass is 32.2. The quantitative estimate of drug-likeness (QED) is 0.164. The zero-order valence-corrected chi connectivity index (χ0v) is 27.2. The Morgan fingerprint density at radius 2 is 1.29 bits per heavy atom. The Bertz CT molecular complexity index is 1610. The molecule has 1 saturated heterocycles. The van der Waals surface area contributed by atoms with Gasteiger partial charge in [-0.2, -0.15) is 0 Å². The van der Waals surface area contributed by atoms with Gasteiger partial charge in [-0.3, -0.25) is 0 Å². The second-order valence-corrected chi connectivity index (χ2v) is 14.1. The van der Waals surface area contributed by atoms with E-state index in [-0.39, 0.29) is 17.4 Å². The number of rotatable bonds is 8. The van der Waals surface area contributed by atoms with Crippen LogP contribution < -0.4 is 0 Å². The molecule has 0 unspecified atom stereocenters. The number of thioether (sulfide) groups is 1. The van der Waals surface area contributed by atoms with Crippen molar-refractivity contribution in [2.75, 3.05) is 6.54 Å². The molecule has 0 spiro atoms. The number of benzene rings is 4. The van der Waals surface area contributed by atoms with Crippen molar-refractivity contribution >= 4 is 17.9 Å². The maximum atomic E-state index is 13.7. The van der Waals surface area contributed by atoms with Gasteiger partial charge in [0.05, 0.1) is 23.0 Å². The van der Waals surface area contributed by atoms with Gasteiger partial charge in [0.15, 0.2) is 0 Å². The molecule has 1 fully saturated rings. The molecule has 0 radical (unpaired) electrons. The second kappa shape index (κ2) is 12.9. The summed E-state index contributed by atoms with van der Waals surface area (Å²) in [4.78, 5) is 15.7. The number of amides is 1. The van der Waals surface area contributed by atoms with Gasteiger partial charge in [-0.15, -0.1) is 16.9 Å². The minimum atomic E-state index is -0.599. The molecule has 1 amide bonds. The van der Waals surface area contributed by atoms with Gasteiger partial charge in [0, 0.05) is 17.4 Å². The lowest BCUT2D eigenvalue weighted by Gasteiger charge is -2.37. The van der Waals surface area contributed by atoms with Crippen molar-refractivity contribution in [2.45, 2.75) is 62.3 Å². The van der Waals surface area contributed by atoms with Gasteiger partial charge in [-0.1, -0.05) is 127 Å². The average molecular weight is 617 g/mol. The molecule has 0 aliphatic carbocycles. The summed E-state index contributed by atoms with van der Waals surface area (Å²) in [7, 11) is 0. The Labute approximate surface area is 270 Å². The minimum Gasteiger partial charge on any atom is -0.444 e. The Morgan fingerprint density at radius 3 is 1.78 bits per heavy atom. The number of carbonyl (C=O) groups is 1. The molecule has 6 rings (SSSR count). The number of likely N-dealkylation sites (tertiary alicyclic amines) is 1. The number of hydrogen-bond acceptors (Lipinski definition) is 5. The minimum absolute atomic E-state index is 0.110. The highest BCUT2D eigenvalue weighted by Gasteiger charge is 2.45. The van der Waals surface area contributed by atoms with Crippen LogP contribution in [0.2, 0.25) is 0 Å². The van der Waals surface area contributed by atoms with Crippen LogP contribution in [0.3, 0.4) is 0 Å². The van der Waals surface area contributed by atoms with Crippen molar-refractivity contribution in [3.63, 3.8) is 0 Å². The molecule has 1 aliphatic heterocycles. The summed E-state index contributed by atoms with van der Waals surface area (Å²) in [5, 5.41) is 9.20. The van der Waals surface area contributed by atoms with Crippen molar-refractivity contribution in [1.82, 2.24) is 19.9 Å². The van der Waals surface area contributed by atoms with Crippen molar-refractivity contribution in [3.05, 3.63) is 144 Å². The normalized spacial score (nSPS) is 16.9. The molecule has 5 aromatic rings. The molecule has 6 nitrogen and oxygen atoms in total. The summed E-state index contributed by atoms with van der Waals surface area (Å²) in [6.07, 6.45) is 0.499. The fraction of sp³-hybridized carbons (Fsp3) is 0.289. The third-order valence-corrected chi connectivity index (χ3v) is 10.0. The lowest BCUT2D eigenvalue weighted by molar-refractivity contribution is 0.0211. The molecular weight excluding hydrogens is 577 g/mol. The lowest BCUT2D eigenvalue weighted by atomic mass is 9.84. The number of carbonyl (C=O) groups excluding carboxylic acids is 1. The van der Waals surface area contributed by atoms with Crippen LogP contribution >= 0.6 is 11.8 Å². The third kappa shape index (κ3) is 6.54. The molecule has 230 valence electrons. The van der Waals surface area contributed by atoms with Gasteiger partial charge in [-0.05, 0) is 50.8 Å². The van der Waals surface area contributed by atoms with Gasteiger partial charge in [-0.25, -0.2) is 9.48 Å². The Hall–Kier alpha value is -4.36. The van der Waals surface area contributed by atoms with Crippen LogP contribution in [0.5, 0.6) is 0 Å². The first kappa shape index (κ1) is 30.7. The Kier molecular flexibility index (Phi) is 8.81. The first-order valence-electron chi connectivity index (χ1n) is 15.5. The van der Waals surface area contributed by atoms with Gasteiger partial charge in [0.25, 0.3) is 0 Å². The van der Waals surface area contributed by atoms with Crippen LogP contribution in [0, 0.1) is 6.92 Å². The van der Waals surface area contributed by atoms with E-state index in [0.29, 0.717) is 13.1 Å². The molecule has 0 bridgehead atoms. The highest BCUT2D eigenvalue weighted by molar-refractivity contribution is 8.01. The maximum absolute atomic E-state index is 13.7. The number of hydrogen-bond donors (Lipinski definition) is 0. The van der Waals surface area contributed by atoms with Crippen LogP contribution in [0.15, 0.2) is 121 Å².